The number of carboxylic acids is 2. The molecule has 6 nitrogen and oxygen atoms in total. The van der Waals surface area contributed by atoms with E-state index in [9.17, 15) is 24.2 Å². The predicted octanol–water partition coefficient (Wildman–Crippen LogP) is 3.74. The molecule has 0 fully saturated rings. The van der Waals surface area contributed by atoms with Crippen molar-refractivity contribution in [1.29, 1.82) is 0 Å². The molecular formula is C18H21O6P. The van der Waals surface area contributed by atoms with Gasteiger partial charge in [0, 0.05) is 12.6 Å². The zero-order valence-electron chi connectivity index (χ0n) is 13.8. The Morgan fingerprint density at radius 1 is 1.08 bits per heavy atom. The van der Waals surface area contributed by atoms with E-state index in [-0.39, 0.29) is 12.8 Å². The number of carboxylic acid groups (broad SMARTS) is 2. The standard InChI is InChI=1S/C18H21O6P/c1-12(15-8-4-6-13-5-2-3-7-16(13)15)25(23,24)11-14(18(21)22)9-10-17(19)20/h2-8,12,14H,9-11H2,1H3,(H,19,20)(H,21,22)(H,23,24). The molecule has 0 radical (unpaired) electrons. The van der Waals surface area contributed by atoms with E-state index >= 15 is 0 Å². The fraction of sp³-hybridized carbons (Fsp3) is 0.333. The summed E-state index contributed by atoms with van der Waals surface area (Å²) in [5.41, 5.74) is -0.0587. The molecule has 2 aromatic rings. The van der Waals surface area contributed by atoms with Crippen LogP contribution < -0.4 is 0 Å². The van der Waals surface area contributed by atoms with Gasteiger partial charge in [-0.1, -0.05) is 42.5 Å². The molecule has 3 N–H and O–H groups in total. The third-order valence-corrected chi connectivity index (χ3v) is 6.87. The molecule has 3 unspecified atom stereocenters. The monoisotopic (exact) mass is 364 g/mol. The summed E-state index contributed by atoms with van der Waals surface area (Å²) < 4.78 is 12.9. The van der Waals surface area contributed by atoms with Gasteiger partial charge in [-0.25, -0.2) is 0 Å². The molecular weight excluding hydrogens is 343 g/mol. The van der Waals surface area contributed by atoms with Crippen LogP contribution in [-0.4, -0.2) is 33.2 Å². The fourth-order valence-electron chi connectivity index (χ4n) is 2.90. The lowest BCUT2D eigenvalue weighted by Gasteiger charge is -2.23. The smallest absolute Gasteiger partial charge is 0.307 e. The predicted molar refractivity (Wildman–Crippen MR) is 95.1 cm³/mol. The van der Waals surface area contributed by atoms with Crippen molar-refractivity contribution in [3.05, 3.63) is 48.0 Å². The quantitative estimate of drug-likeness (QED) is 0.615. The van der Waals surface area contributed by atoms with Crippen LogP contribution in [0.1, 0.15) is 31.0 Å². The molecule has 0 saturated carbocycles. The highest BCUT2D eigenvalue weighted by atomic mass is 31.2. The molecule has 0 amide bonds. The van der Waals surface area contributed by atoms with Crippen molar-refractivity contribution in [3.8, 4) is 0 Å². The van der Waals surface area contributed by atoms with Gasteiger partial charge in [-0.05, 0) is 29.7 Å². The molecule has 2 rings (SSSR count). The molecule has 0 aliphatic carbocycles. The Morgan fingerprint density at radius 3 is 2.36 bits per heavy atom. The first-order chi connectivity index (χ1) is 11.7. The lowest BCUT2D eigenvalue weighted by molar-refractivity contribution is -0.142. The van der Waals surface area contributed by atoms with Crippen molar-refractivity contribution in [2.24, 2.45) is 5.92 Å². The molecule has 0 bridgehead atoms. The van der Waals surface area contributed by atoms with Crippen LogP contribution >= 0.6 is 7.37 Å². The van der Waals surface area contributed by atoms with E-state index in [4.69, 9.17) is 5.11 Å². The summed E-state index contributed by atoms with van der Waals surface area (Å²) in [7, 11) is -3.85. The average Bonchev–Trinajstić information content (AvgIpc) is 2.57. The van der Waals surface area contributed by atoms with Crippen LogP contribution in [-0.2, 0) is 14.2 Å². The van der Waals surface area contributed by atoms with E-state index in [1.54, 1.807) is 19.1 Å². The van der Waals surface area contributed by atoms with Gasteiger partial charge in [-0.3, -0.25) is 14.2 Å². The van der Waals surface area contributed by atoms with Crippen molar-refractivity contribution in [3.63, 3.8) is 0 Å². The lowest BCUT2D eigenvalue weighted by Crippen LogP contribution is -2.20. The second-order valence-corrected chi connectivity index (χ2v) is 8.80. The zero-order chi connectivity index (χ0) is 18.6. The van der Waals surface area contributed by atoms with Crippen molar-refractivity contribution in [2.75, 3.05) is 6.16 Å². The third kappa shape index (κ3) is 4.68. The average molecular weight is 364 g/mol. The molecule has 3 atom stereocenters. The van der Waals surface area contributed by atoms with Crippen molar-refractivity contribution in [2.45, 2.75) is 25.4 Å². The molecule has 7 heteroatoms. The van der Waals surface area contributed by atoms with Gasteiger partial charge in [-0.15, -0.1) is 0 Å². The molecule has 0 spiro atoms. The summed E-state index contributed by atoms with van der Waals surface area (Å²) in [6, 6.07) is 13.0. The number of aliphatic carboxylic acids is 2. The van der Waals surface area contributed by atoms with E-state index in [0.29, 0.717) is 5.56 Å². The van der Waals surface area contributed by atoms with Gasteiger partial charge in [0.25, 0.3) is 0 Å². The van der Waals surface area contributed by atoms with E-state index in [2.05, 4.69) is 0 Å². The zero-order valence-corrected chi connectivity index (χ0v) is 14.7. The summed E-state index contributed by atoms with van der Waals surface area (Å²) >= 11 is 0. The summed E-state index contributed by atoms with van der Waals surface area (Å²) in [5.74, 6) is -3.54. The van der Waals surface area contributed by atoms with E-state index < -0.39 is 37.0 Å². The first kappa shape index (κ1) is 19.2. The Hall–Kier alpha value is -2.17. The highest BCUT2D eigenvalue weighted by Crippen LogP contribution is 2.57. The van der Waals surface area contributed by atoms with Gasteiger partial charge in [0.2, 0.25) is 7.37 Å². The highest BCUT2D eigenvalue weighted by Gasteiger charge is 2.35. The SMILES string of the molecule is CC(c1cccc2ccccc12)P(=O)(O)CC(CCC(=O)O)C(=O)O. The largest absolute Gasteiger partial charge is 0.481 e. The summed E-state index contributed by atoms with van der Waals surface area (Å²) in [6.07, 6.45) is -0.961. The Labute approximate surface area is 145 Å². The minimum absolute atomic E-state index is 0.169. The van der Waals surface area contributed by atoms with Gasteiger partial charge in [0.05, 0.1) is 11.6 Å². The molecule has 2 aromatic carbocycles. The Kier molecular flexibility index (Phi) is 5.98. The molecule has 0 aliphatic rings. The molecule has 0 aromatic heterocycles. The maximum absolute atomic E-state index is 12.9. The summed E-state index contributed by atoms with van der Waals surface area (Å²) in [4.78, 5) is 32.5. The van der Waals surface area contributed by atoms with Crippen molar-refractivity contribution in [1.82, 2.24) is 0 Å². The summed E-state index contributed by atoms with van der Waals surface area (Å²) in [6.45, 7) is 1.61. The Morgan fingerprint density at radius 2 is 1.72 bits per heavy atom. The molecule has 0 saturated heterocycles. The second-order valence-electron chi connectivity index (χ2n) is 6.15. The van der Waals surface area contributed by atoms with E-state index in [0.717, 1.165) is 10.8 Å². The molecule has 134 valence electrons. The van der Waals surface area contributed by atoms with Crippen LogP contribution in [0.25, 0.3) is 10.8 Å². The molecule has 0 heterocycles. The van der Waals surface area contributed by atoms with Crippen LogP contribution in [0.15, 0.2) is 42.5 Å². The van der Waals surface area contributed by atoms with Crippen LogP contribution in [0, 0.1) is 5.92 Å². The molecule has 25 heavy (non-hydrogen) atoms. The number of rotatable bonds is 8. The summed E-state index contributed by atoms with van der Waals surface area (Å²) in [5, 5.41) is 19.8. The first-order valence-electron chi connectivity index (χ1n) is 7.96. The van der Waals surface area contributed by atoms with Gasteiger partial charge < -0.3 is 15.1 Å². The van der Waals surface area contributed by atoms with Gasteiger partial charge >= 0.3 is 11.9 Å². The van der Waals surface area contributed by atoms with Crippen LogP contribution in [0.2, 0.25) is 0 Å². The van der Waals surface area contributed by atoms with Crippen LogP contribution in [0.4, 0.5) is 0 Å². The van der Waals surface area contributed by atoms with Crippen LogP contribution in [0.5, 0.6) is 0 Å². The maximum atomic E-state index is 12.9. The number of carbonyl (C=O) groups is 2. The normalized spacial score (nSPS) is 16.1. The van der Waals surface area contributed by atoms with Crippen LogP contribution in [0.3, 0.4) is 0 Å². The van der Waals surface area contributed by atoms with Gasteiger partial charge in [-0.2, -0.15) is 0 Å². The number of hydrogen-bond donors (Lipinski definition) is 3. The first-order valence-corrected chi connectivity index (χ1v) is 9.87. The van der Waals surface area contributed by atoms with Gasteiger partial charge in [0.15, 0.2) is 0 Å². The minimum atomic E-state index is -3.85. The Balaban J connectivity index is 2.29. The third-order valence-electron chi connectivity index (χ3n) is 4.42. The second kappa shape index (κ2) is 7.81. The molecule has 0 aliphatic heterocycles. The number of fused-ring (bicyclic) bond motifs is 1. The lowest BCUT2D eigenvalue weighted by atomic mass is 10.0. The van der Waals surface area contributed by atoms with E-state index in [1.807, 2.05) is 30.3 Å². The topological polar surface area (TPSA) is 112 Å². The van der Waals surface area contributed by atoms with Crippen molar-refractivity contribution >= 4 is 30.1 Å². The minimum Gasteiger partial charge on any atom is -0.481 e. The Bertz CT molecular complexity index is 826. The van der Waals surface area contributed by atoms with E-state index in [1.165, 1.54) is 0 Å². The maximum Gasteiger partial charge on any atom is 0.307 e. The number of benzene rings is 2. The highest BCUT2D eigenvalue weighted by molar-refractivity contribution is 7.58. The fourth-order valence-corrected chi connectivity index (χ4v) is 4.84. The van der Waals surface area contributed by atoms with Gasteiger partial charge in [0.1, 0.15) is 0 Å². The van der Waals surface area contributed by atoms with Crippen molar-refractivity contribution < 1.29 is 29.3 Å². The number of hydrogen-bond acceptors (Lipinski definition) is 3.